The zero-order valence-corrected chi connectivity index (χ0v) is 13.5. The molecule has 1 atom stereocenters. The summed E-state index contributed by atoms with van der Waals surface area (Å²) in [7, 11) is 0. The van der Waals surface area contributed by atoms with E-state index in [2.05, 4.69) is 20.7 Å². The van der Waals surface area contributed by atoms with Gasteiger partial charge >= 0.3 is 0 Å². The lowest BCUT2D eigenvalue weighted by molar-refractivity contribution is -0.121. The highest BCUT2D eigenvalue weighted by Crippen LogP contribution is 2.27. The number of anilines is 2. The van der Waals surface area contributed by atoms with Gasteiger partial charge in [0.25, 0.3) is 0 Å². The topological polar surface area (TPSA) is 88.4 Å². The van der Waals surface area contributed by atoms with Gasteiger partial charge < -0.3 is 10.6 Å². The van der Waals surface area contributed by atoms with E-state index >= 15 is 0 Å². The molecule has 4 rings (SSSR count). The van der Waals surface area contributed by atoms with Crippen molar-refractivity contribution in [1.82, 2.24) is 14.6 Å². The Balaban J connectivity index is 1.39. The minimum atomic E-state index is -0.192. The predicted octanol–water partition coefficient (Wildman–Crippen LogP) is 2.26. The zero-order chi connectivity index (χ0) is 17.2. The molecular weight excluding hydrogens is 318 g/mol. The van der Waals surface area contributed by atoms with Gasteiger partial charge in [-0.15, -0.1) is 0 Å². The van der Waals surface area contributed by atoms with Crippen molar-refractivity contribution in [3.05, 3.63) is 54.4 Å². The van der Waals surface area contributed by atoms with Crippen molar-refractivity contribution in [2.24, 2.45) is 5.92 Å². The fourth-order valence-corrected chi connectivity index (χ4v) is 3.09. The molecule has 0 radical (unpaired) electrons. The highest BCUT2D eigenvalue weighted by atomic mass is 16.2. The van der Waals surface area contributed by atoms with Crippen LogP contribution in [0.3, 0.4) is 0 Å². The Morgan fingerprint density at radius 3 is 3.04 bits per heavy atom. The van der Waals surface area contributed by atoms with Crippen LogP contribution in [0.25, 0.3) is 5.65 Å². The first-order valence-electron chi connectivity index (χ1n) is 8.18. The van der Waals surface area contributed by atoms with Crippen molar-refractivity contribution in [1.29, 1.82) is 0 Å². The van der Waals surface area contributed by atoms with Crippen LogP contribution in [0.5, 0.6) is 0 Å². The number of aromatic nitrogens is 3. The summed E-state index contributed by atoms with van der Waals surface area (Å²) < 4.78 is 1.57. The van der Waals surface area contributed by atoms with Gasteiger partial charge in [0.15, 0.2) is 5.65 Å². The van der Waals surface area contributed by atoms with Crippen LogP contribution >= 0.6 is 0 Å². The molecular formula is C18H17N5O2. The third-order valence-electron chi connectivity index (χ3n) is 4.39. The summed E-state index contributed by atoms with van der Waals surface area (Å²) in [5.41, 5.74) is 2.65. The second-order valence-electron chi connectivity index (χ2n) is 6.07. The minimum Gasteiger partial charge on any atom is -0.326 e. The van der Waals surface area contributed by atoms with Crippen LogP contribution in [0.2, 0.25) is 0 Å². The van der Waals surface area contributed by atoms with Crippen LogP contribution in [-0.4, -0.2) is 26.4 Å². The normalized spacial score (nSPS) is 16.3. The molecule has 0 spiro atoms. The van der Waals surface area contributed by atoms with Gasteiger partial charge in [-0.2, -0.15) is 9.61 Å². The number of carbonyl (C=O) groups excluding carboxylic acids is 2. The molecule has 0 unspecified atom stereocenters. The predicted molar refractivity (Wildman–Crippen MR) is 93.1 cm³/mol. The van der Waals surface area contributed by atoms with Crippen LogP contribution in [0, 0.1) is 5.92 Å². The third-order valence-corrected chi connectivity index (χ3v) is 4.39. The number of nitrogens with zero attached hydrogens (tertiary/aromatic N) is 3. The Kier molecular flexibility index (Phi) is 3.89. The van der Waals surface area contributed by atoms with Crippen LogP contribution in [-0.2, 0) is 16.0 Å². The zero-order valence-electron chi connectivity index (χ0n) is 13.5. The molecule has 0 saturated heterocycles. The Morgan fingerprint density at radius 1 is 1.24 bits per heavy atom. The molecule has 2 amide bonds. The summed E-state index contributed by atoms with van der Waals surface area (Å²) in [5.74, 6) is 0.209. The van der Waals surface area contributed by atoms with Crippen molar-refractivity contribution in [2.45, 2.75) is 19.3 Å². The monoisotopic (exact) mass is 335 g/mol. The number of hydrogen-bond donors (Lipinski definition) is 2. The average molecular weight is 335 g/mol. The number of hydrogen-bond acceptors (Lipinski definition) is 4. The molecule has 1 aromatic carbocycles. The number of nitrogens with one attached hydrogen (secondary N) is 2. The summed E-state index contributed by atoms with van der Waals surface area (Å²) in [6, 6.07) is 11.2. The molecule has 0 aliphatic carbocycles. The van der Waals surface area contributed by atoms with Crippen molar-refractivity contribution in [3.8, 4) is 0 Å². The highest BCUT2D eigenvalue weighted by molar-refractivity contribution is 5.96. The van der Waals surface area contributed by atoms with Crippen LogP contribution < -0.4 is 10.6 Å². The third kappa shape index (κ3) is 3.08. The smallest absolute Gasteiger partial charge is 0.227 e. The van der Waals surface area contributed by atoms with Crippen LogP contribution in [0.1, 0.15) is 18.4 Å². The number of benzene rings is 1. The molecule has 3 heterocycles. The van der Waals surface area contributed by atoms with E-state index in [1.54, 1.807) is 29.0 Å². The quantitative estimate of drug-likeness (QED) is 0.765. The Bertz CT molecular complexity index is 949. The largest absolute Gasteiger partial charge is 0.326 e. The molecule has 126 valence electrons. The van der Waals surface area contributed by atoms with Gasteiger partial charge in [-0.1, -0.05) is 18.2 Å². The van der Waals surface area contributed by atoms with E-state index in [9.17, 15) is 9.59 Å². The van der Waals surface area contributed by atoms with E-state index in [4.69, 9.17) is 0 Å². The molecule has 2 aromatic heterocycles. The molecule has 25 heavy (non-hydrogen) atoms. The van der Waals surface area contributed by atoms with Crippen LogP contribution in [0.15, 0.2) is 48.8 Å². The van der Waals surface area contributed by atoms with Crippen molar-refractivity contribution >= 4 is 29.0 Å². The van der Waals surface area contributed by atoms with E-state index in [1.807, 2.05) is 24.3 Å². The van der Waals surface area contributed by atoms with Gasteiger partial charge in [-0.25, -0.2) is 4.98 Å². The lowest BCUT2D eigenvalue weighted by Gasteiger charge is -2.24. The summed E-state index contributed by atoms with van der Waals surface area (Å²) in [4.78, 5) is 28.6. The van der Waals surface area contributed by atoms with Gasteiger partial charge in [0.1, 0.15) is 5.82 Å². The maximum absolute atomic E-state index is 12.3. The highest BCUT2D eigenvalue weighted by Gasteiger charge is 2.26. The van der Waals surface area contributed by atoms with Crippen molar-refractivity contribution < 1.29 is 9.59 Å². The minimum absolute atomic E-state index is 0.0233. The summed E-state index contributed by atoms with van der Waals surface area (Å²) in [5, 5.41) is 9.88. The van der Waals surface area contributed by atoms with Crippen LogP contribution in [0.4, 0.5) is 11.5 Å². The standard InChI is InChI=1S/C18H17N5O2/c24-17(22-16-7-9-19-15-8-10-20-23(15)16)6-5-13-11-12-3-1-2-4-14(12)21-18(13)25/h1-4,7-10,13H,5-6,11H2,(H,21,25)(H,22,24)/t13-/m1/s1. The van der Waals surface area contributed by atoms with E-state index in [1.165, 1.54) is 0 Å². The number of amides is 2. The average Bonchev–Trinajstić information content (AvgIpc) is 3.10. The number of rotatable bonds is 4. The first-order chi connectivity index (χ1) is 12.2. The van der Waals surface area contributed by atoms with E-state index in [0.717, 1.165) is 11.3 Å². The molecule has 0 bridgehead atoms. The SMILES string of the molecule is O=C(CC[C@@H]1Cc2ccccc2NC1=O)Nc1ccnc2ccnn12. The number of carbonyl (C=O) groups is 2. The Hall–Kier alpha value is -3.22. The molecule has 1 aliphatic rings. The molecule has 2 N–H and O–H groups in total. The van der Waals surface area contributed by atoms with Gasteiger partial charge in [0.05, 0.1) is 6.20 Å². The molecule has 0 saturated carbocycles. The number of fused-ring (bicyclic) bond motifs is 2. The van der Waals surface area contributed by atoms with Crippen molar-refractivity contribution in [3.63, 3.8) is 0 Å². The van der Waals surface area contributed by atoms with E-state index in [0.29, 0.717) is 24.3 Å². The van der Waals surface area contributed by atoms with Gasteiger partial charge in [0, 0.05) is 30.3 Å². The fourth-order valence-electron chi connectivity index (χ4n) is 3.09. The first kappa shape index (κ1) is 15.3. The fraction of sp³-hybridized carbons (Fsp3) is 0.222. The Morgan fingerprint density at radius 2 is 2.12 bits per heavy atom. The molecule has 1 aliphatic heterocycles. The molecule has 0 fully saturated rings. The number of para-hydroxylation sites is 1. The van der Waals surface area contributed by atoms with Gasteiger partial charge in [-0.3, -0.25) is 9.59 Å². The van der Waals surface area contributed by atoms with E-state index < -0.39 is 0 Å². The van der Waals surface area contributed by atoms with Gasteiger partial charge in [0.2, 0.25) is 11.8 Å². The molecule has 3 aromatic rings. The van der Waals surface area contributed by atoms with E-state index in [-0.39, 0.29) is 24.2 Å². The second kappa shape index (κ2) is 6.35. The molecule has 7 heteroatoms. The maximum atomic E-state index is 12.3. The second-order valence-corrected chi connectivity index (χ2v) is 6.07. The van der Waals surface area contributed by atoms with Gasteiger partial charge in [-0.05, 0) is 30.5 Å². The summed E-state index contributed by atoms with van der Waals surface area (Å²) in [6.07, 6.45) is 4.68. The lowest BCUT2D eigenvalue weighted by Crippen LogP contribution is -2.30. The lowest BCUT2D eigenvalue weighted by atomic mass is 9.89. The van der Waals surface area contributed by atoms with Crippen molar-refractivity contribution in [2.75, 3.05) is 10.6 Å². The maximum Gasteiger partial charge on any atom is 0.227 e. The molecule has 7 nitrogen and oxygen atoms in total. The summed E-state index contributed by atoms with van der Waals surface area (Å²) in [6.45, 7) is 0. The summed E-state index contributed by atoms with van der Waals surface area (Å²) >= 11 is 0. The Labute approximate surface area is 144 Å². The first-order valence-corrected chi connectivity index (χ1v) is 8.18.